The van der Waals surface area contributed by atoms with Crippen molar-refractivity contribution in [2.45, 2.75) is 26.3 Å². The Hall–Kier alpha value is -3.42. The zero-order chi connectivity index (χ0) is 22.3. The second-order valence-corrected chi connectivity index (χ2v) is 8.30. The van der Waals surface area contributed by atoms with Gasteiger partial charge in [-0.15, -0.1) is 0 Å². The Bertz CT molecular complexity index is 1080. The number of halogens is 1. The van der Waals surface area contributed by atoms with Crippen LogP contribution in [0.3, 0.4) is 0 Å². The summed E-state index contributed by atoms with van der Waals surface area (Å²) in [7, 11) is 0. The molecular weight excluding hydrogens is 399 g/mol. The van der Waals surface area contributed by atoms with Gasteiger partial charge in [-0.3, -0.25) is 14.9 Å². The largest absolute Gasteiger partial charge is 0.368 e. The van der Waals surface area contributed by atoms with E-state index in [1.54, 1.807) is 4.90 Å². The van der Waals surface area contributed by atoms with E-state index in [1.165, 1.54) is 30.2 Å². The van der Waals surface area contributed by atoms with Crippen LogP contribution in [0.5, 0.6) is 0 Å². The predicted octanol–water partition coefficient (Wildman–Crippen LogP) is 2.46. The SMILES string of the molecule is Cc1ccc(N2CCN(C(=O)c3ccc(C4(C)NC(=O)NC4=O)cc3F)CC2)c(C)c1. The molecule has 4 amide bonds. The fourth-order valence-electron chi connectivity index (χ4n) is 4.23. The van der Waals surface area contributed by atoms with Crippen LogP contribution in [0.4, 0.5) is 14.9 Å². The maximum absolute atomic E-state index is 14.8. The van der Waals surface area contributed by atoms with E-state index in [1.807, 2.05) is 0 Å². The van der Waals surface area contributed by atoms with Crippen LogP contribution >= 0.6 is 0 Å². The fourth-order valence-corrected chi connectivity index (χ4v) is 4.23. The lowest BCUT2D eigenvalue weighted by atomic mass is 9.91. The molecule has 2 N–H and O–H groups in total. The molecule has 2 aliphatic heterocycles. The van der Waals surface area contributed by atoms with Crippen LogP contribution in [-0.4, -0.2) is 48.9 Å². The second kappa shape index (κ2) is 7.68. The van der Waals surface area contributed by atoms with Gasteiger partial charge in [0.1, 0.15) is 11.4 Å². The van der Waals surface area contributed by atoms with Crippen LogP contribution in [0.1, 0.15) is 34.0 Å². The standard InChI is InChI=1S/C23H25FN4O3/c1-14-4-7-19(15(2)12-14)27-8-10-28(11-9-27)20(29)17-6-5-16(13-18(17)24)23(3)21(30)25-22(31)26-23/h4-7,12-13H,8-11H2,1-3H3,(H2,25,26,30,31). The number of benzene rings is 2. The van der Waals surface area contributed by atoms with Crippen LogP contribution in [0, 0.1) is 19.7 Å². The van der Waals surface area contributed by atoms with Crippen molar-refractivity contribution >= 4 is 23.5 Å². The van der Waals surface area contributed by atoms with Gasteiger partial charge in [0.05, 0.1) is 5.56 Å². The van der Waals surface area contributed by atoms with Crippen molar-refractivity contribution in [2.24, 2.45) is 0 Å². The number of hydrogen-bond donors (Lipinski definition) is 2. The van der Waals surface area contributed by atoms with Crippen molar-refractivity contribution in [2.75, 3.05) is 31.1 Å². The summed E-state index contributed by atoms with van der Waals surface area (Å²) in [6, 6.07) is 9.71. The summed E-state index contributed by atoms with van der Waals surface area (Å²) in [5.74, 6) is -1.65. The molecule has 0 saturated carbocycles. The lowest BCUT2D eigenvalue weighted by Gasteiger charge is -2.37. The quantitative estimate of drug-likeness (QED) is 0.742. The lowest BCUT2D eigenvalue weighted by molar-refractivity contribution is -0.123. The van der Waals surface area contributed by atoms with E-state index in [0.29, 0.717) is 26.2 Å². The first-order valence-corrected chi connectivity index (χ1v) is 10.2. The third kappa shape index (κ3) is 3.73. The average molecular weight is 424 g/mol. The summed E-state index contributed by atoms with van der Waals surface area (Å²) in [6.07, 6.45) is 0. The molecule has 2 saturated heterocycles. The molecule has 2 aliphatic rings. The smallest absolute Gasteiger partial charge is 0.322 e. The van der Waals surface area contributed by atoms with E-state index < -0.39 is 23.3 Å². The van der Waals surface area contributed by atoms with Crippen LogP contribution in [0.15, 0.2) is 36.4 Å². The number of hydrogen-bond acceptors (Lipinski definition) is 4. The van der Waals surface area contributed by atoms with Gasteiger partial charge >= 0.3 is 6.03 Å². The highest BCUT2D eigenvalue weighted by Gasteiger charge is 2.43. The monoisotopic (exact) mass is 424 g/mol. The number of imide groups is 1. The van der Waals surface area contributed by atoms with Gasteiger partial charge in [0.25, 0.3) is 11.8 Å². The fraction of sp³-hybridized carbons (Fsp3) is 0.348. The van der Waals surface area contributed by atoms with Crippen molar-refractivity contribution in [3.63, 3.8) is 0 Å². The number of aryl methyl sites for hydroxylation is 2. The van der Waals surface area contributed by atoms with Gasteiger partial charge in [0.15, 0.2) is 0 Å². The number of amides is 4. The molecule has 0 aliphatic carbocycles. The molecule has 2 aromatic carbocycles. The minimum atomic E-state index is -1.36. The van der Waals surface area contributed by atoms with Crippen molar-refractivity contribution in [1.82, 2.24) is 15.5 Å². The van der Waals surface area contributed by atoms with E-state index in [9.17, 15) is 18.8 Å². The Morgan fingerprint density at radius 1 is 1.03 bits per heavy atom. The Kier molecular flexibility index (Phi) is 5.16. The number of nitrogens with zero attached hydrogens (tertiary/aromatic N) is 2. The zero-order valence-electron chi connectivity index (χ0n) is 17.8. The third-order valence-corrected chi connectivity index (χ3v) is 6.08. The first kappa shape index (κ1) is 20.8. The molecule has 1 unspecified atom stereocenters. The van der Waals surface area contributed by atoms with Gasteiger partial charge in [-0.1, -0.05) is 23.8 Å². The second-order valence-electron chi connectivity index (χ2n) is 8.30. The summed E-state index contributed by atoms with van der Waals surface area (Å²) < 4.78 is 14.8. The highest BCUT2D eigenvalue weighted by atomic mass is 19.1. The highest BCUT2D eigenvalue weighted by Crippen LogP contribution is 2.27. The molecule has 2 fully saturated rings. The molecule has 8 heteroatoms. The number of piperazine rings is 1. The van der Waals surface area contributed by atoms with E-state index >= 15 is 0 Å². The van der Waals surface area contributed by atoms with Crippen LogP contribution in [0.25, 0.3) is 0 Å². The van der Waals surface area contributed by atoms with Gasteiger partial charge < -0.3 is 15.1 Å². The molecule has 0 aromatic heterocycles. The summed E-state index contributed by atoms with van der Waals surface area (Å²) in [4.78, 5) is 40.4. The molecule has 0 bridgehead atoms. The molecule has 162 valence electrons. The third-order valence-electron chi connectivity index (χ3n) is 6.08. The van der Waals surface area contributed by atoms with Gasteiger partial charge in [0, 0.05) is 31.9 Å². The zero-order valence-corrected chi connectivity index (χ0v) is 17.8. The summed E-state index contributed by atoms with van der Waals surface area (Å²) in [5.41, 5.74) is 2.42. The lowest BCUT2D eigenvalue weighted by Crippen LogP contribution is -2.49. The van der Waals surface area contributed by atoms with E-state index in [-0.39, 0.29) is 17.0 Å². The molecule has 0 spiro atoms. The van der Waals surface area contributed by atoms with E-state index in [2.05, 4.69) is 47.6 Å². The van der Waals surface area contributed by atoms with E-state index in [0.717, 1.165) is 11.8 Å². The maximum atomic E-state index is 14.8. The van der Waals surface area contributed by atoms with Crippen molar-refractivity contribution in [1.29, 1.82) is 0 Å². The van der Waals surface area contributed by atoms with Crippen LogP contribution in [-0.2, 0) is 10.3 Å². The number of urea groups is 1. The molecule has 0 radical (unpaired) electrons. The minimum Gasteiger partial charge on any atom is -0.368 e. The molecule has 7 nitrogen and oxygen atoms in total. The number of nitrogens with one attached hydrogen (secondary N) is 2. The summed E-state index contributed by atoms with van der Waals surface area (Å²) in [5, 5.41) is 4.64. The van der Waals surface area contributed by atoms with Gasteiger partial charge in [0.2, 0.25) is 0 Å². The molecular formula is C23H25FN4O3. The normalized spacial score (nSPS) is 21.2. The Labute approximate surface area is 180 Å². The molecule has 2 heterocycles. The average Bonchev–Trinajstić information content (AvgIpc) is 3.00. The molecule has 4 rings (SSSR count). The van der Waals surface area contributed by atoms with Crippen molar-refractivity contribution < 1.29 is 18.8 Å². The Morgan fingerprint density at radius 2 is 1.74 bits per heavy atom. The van der Waals surface area contributed by atoms with Gasteiger partial charge in [-0.25, -0.2) is 9.18 Å². The number of rotatable bonds is 3. The first-order valence-electron chi connectivity index (χ1n) is 10.2. The highest BCUT2D eigenvalue weighted by molar-refractivity contribution is 6.07. The molecule has 2 aromatic rings. The Balaban J connectivity index is 1.47. The maximum Gasteiger partial charge on any atom is 0.322 e. The minimum absolute atomic E-state index is 0.0444. The molecule has 31 heavy (non-hydrogen) atoms. The predicted molar refractivity (Wildman–Crippen MR) is 114 cm³/mol. The van der Waals surface area contributed by atoms with Crippen molar-refractivity contribution in [3.05, 3.63) is 64.5 Å². The number of carbonyl (C=O) groups excluding carboxylic acids is 3. The van der Waals surface area contributed by atoms with Crippen LogP contribution in [0.2, 0.25) is 0 Å². The number of carbonyl (C=O) groups is 3. The van der Waals surface area contributed by atoms with E-state index in [4.69, 9.17) is 0 Å². The van der Waals surface area contributed by atoms with Gasteiger partial charge in [-0.05, 0) is 50.1 Å². The van der Waals surface area contributed by atoms with Crippen molar-refractivity contribution in [3.8, 4) is 0 Å². The van der Waals surface area contributed by atoms with Crippen LogP contribution < -0.4 is 15.5 Å². The summed E-state index contributed by atoms with van der Waals surface area (Å²) in [6.45, 7) is 7.94. The molecule has 1 atom stereocenters. The Morgan fingerprint density at radius 3 is 2.32 bits per heavy atom. The first-order chi connectivity index (χ1) is 14.7. The summed E-state index contributed by atoms with van der Waals surface area (Å²) >= 11 is 0. The topological polar surface area (TPSA) is 81.8 Å². The number of anilines is 1. The van der Waals surface area contributed by atoms with Gasteiger partial charge in [-0.2, -0.15) is 0 Å².